The van der Waals surface area contributed by atoms with Crippen molar-refractivity contribution < 1.29 is 10.0 Å². The lowest BCUT2D eigenvalue weighted by Crippen LogP contribution is -1.94. The molecule has 1 atom stereocenters. The van der Waals surface area contributed by atoms with Crippen LogP contribution in [0.15, 0.2) is 24.3 Å². The molecule has 1 N–H and O–H groups in total. The molecule has 1 aromatic carbocycles. The molecule has 15 heavy (non-hydrogen) atoms. The van der Waals surface area contributed by atoms with E-state index in [0.717, 1.165) is 5.56 Å². The van der Waals surface area contributed by atoms with Crippen LogP contribution in [0.4, 0.5) is 5.69 Å². The van der Waals surface area contributed by atoms with Crippen LogP contribution in [0.3, 0.4) is 0 Å². The second-order valence-corrected chi connectivity index (χ2v) is 3.42. The zero-order valence-electron chi connectivity index (χ0n) is 8.68. The highest BCUT2D eigenvalue weighted by molar-refractivity contribution is 5.61. The van der Waals surface area contributed by atoms with E-state index in [2.05, 4.69) is 0 Å². The average Bonchev–Trinajstić information content (AvgIpc) is 2.15. The second kappa shape index (κ2) is 4.70. The van der Waals surface area contributed by atoms with Crippen LogP contribution < -0.4 is 0 Å². The number of aliphatic hydroxyl groups excluding tert-OH is 1. The van der Waals surface area contributed by atoms with Gasteiger partial charge in [-0.1, -0.05) is 12.1 Å². The summed E-state index contributed by atoms with van der Waals surface area (Å²) in [5.41, 5.74) is 1.41. The third kappa shape index (κ3) is 3.18. The van der Waals surface area contributed by atoms with Crippen LogP contribution in [0.5, 0.6) is 0 Å². The zero-order chi connectivity index (χ0) is 11.4. The van der Waals surface area contributed by atoms with E-state index in [9.17, 15) is 10.1 Å². The van der Waals surface area contributed by atoms with Gasteiger partial charge in [0.05, 0.1) is 16.6 Å². The minimum absolute atomic E-state index is 0.0619. The number of benzene rings is 1. The molecule has 0 aliphatic carbocycles. The fourth-order valence-corrected chi connectivity index (χ4v) is 1.20. The van der Waals surface area contributed by atoms with Crippen molar-refractivity contribution in [2.75, 3.05) is 0 Å². The highest BCUT2D eigenvalue weighted by Crippen LogP contribution is 2.21. The average molecular weight is 207 g/mol. The molecule has 1 unspecified atom stereocenters. The Morgan fingerprint density at radius 3 is 2.73 bits per heavy atom. The lowest BCUT2D eigenvalue weighted by atomic mass is 10.1. The molecule has 0 saturated heterocycles. The number of nitrogens with zero attached hydrogens (tertiary/aromatic N) is 1. The number of aryl methyl sites for hydroxylation is 1. The predicted octanol–water partition coefficient (Wildman–Crippen LogP) is 2.30. The highest BCUT2D eigenvalue weighted by Gasteiger charge is 2.10. The molecular formula is C11H13NO3. The molecule has 0 aliphatic rings. The van der Waals surface area contributed by atoms with Crippen LogP contribution in [-0.4, -0.2) is 16.1 Å². The third-order valence-corrected chi connectivity index (χ3v) is 1.94. The summed E-state index contributed by atoms with van der Waals surface area (Å²) in [7, 11) is 0. The number of nitro groups is 1. The fraction of sp³-hybridized carbons (Fsp3) is 0.273. The molecule has 4 heteroatoms. The Kier molecular flexibility index (Phi) is 3.57. The topological polar surface area (TPSA) is 63.4 Å². The van der Waals surface area contributed by atoms with Gasteiger partial charge < -0.3 is 5.11 Å². The maximum atomic E-state index is 10.7. The lowest BCUT2D eigenvalue weighted by Gasteiger charge is -1.99. The standard InChI is InChI=1S/C11H13NO3/c1-8-3-5-10(6-4-9(2)13)11(7-8)12(14)15/h3-7,9,13H,1-2H3. The van der Waals surface area contributed by atoms with Crippen molar-refractivity contribution in [1.29, 1.82) is 0 Å². The normalized spacial score (nSPS) is 13.0. The summed E-state index contributed by atoms with van der Waals surface area (Å²) in [6.45, 7) is 3.39. The van der Waals surface area contributed by atoms with Crippen LogP contribution in [0.2, 0.25) is 0 Å². The van der Waals surface area contributed by atoms with E-state index in [1.807, 2.05) is 0 Å². The van der Waals surface area contributed by atoms with E-state index < -0.39 is 11.0 Å². The summed E-state index contributed by atoms with van der Waals surface area (Å²) in [5.74, 6) is 0. The van der Waals surface area contributed by atoms with E-state index >= 15 is 0 Å². The first-order chi connectivity index (χ1) is 7.00. The first kappa shape index (κ1) is 11.4. The van der Waals surface area contributed by atoms with Crippen molar-refractivity contribution in [3.05, 3.63) is 45.5 Å². The number of hydrogen-bond donors (Lipinski definition) is 1. The largest absolute Gasteiger partial charge is 0.389 e. The summed E-state index contributed by atoms with van der Waals surface area (Å²) in [6.07, 6.45) is 2.46. The molecule has 0 fully saturated rings. The summed E-state index contributed by atoms with van der Waals surface area (Å²) in [6, 6.07) is 4.99. The molecule has 80 valence electrons. The molecule has 0 spiro atoms. The van der Waals surface area contributed by atoms with Crippen molar-refractivity contribution in [3.63, 3.8) is 0 Å². The number of nitro benzene ring substituents is 1. The molecule has 0 radical (unpaired) electrons. The van der Waals surface area contributed by atoms with E-state index in [4.69, 9.17) is 5.11 Å². The molecule has 4 nitrogen and oxygen atoms in total. The molecule has 1 aromatic rings. The minimum Gasteiger partial charge on any atom is -0.389 e. The molecule has 0 amide bonds. The van der Waals surface area contributed by atoms with Gasteiger partial charge in [0.2, 0.25) is 0 Å². The maximum absolute atomic E-state index is 10.7. The summed E-state index contributed by atoms with van der Waals surface area (Å²) < 4.78 is 0. The van der Waals surface area contributed by atoms with Gasteiger partial charge in [0.15, 0.2) is 0 Å². The van der Waals surface area contributed by atoms with Gasteiger partial charge in [-0.25, -0.2) is 0 Å². The van der Waals surface area contributed by atoms with E-state index in [0.29, 0.717) is 5.56 Å². The minimum atomic E-state index is -0.606. The molecule has 0 aliphatic heterocycles. The Balaban J connectivity index is 3.12. The number of rotatable bonds is 3. The van der Waals surface area contributed by atoms with Gasteiger partial charge in [-0.15, -0.1) is 0 Å². The Bertz CT molecular complexity index is 397. The second-order valence-electron chi connectivity index (χ2n) is 3.42. The number of hydrogen-bond acceptors (Lipinski definition) is 3. The van der Waals surface area contributed by atoms with E-state index in [1.54, 1.807) is 32.1 Å². The van der Waals surface area contributed by atoms with Gasteiger partial charge in [0.25, 0.3) is 5.69 Å². The highest BCUT2D eigenvalue weighted by atomic mass is 16.6. The molecule has 0 aromatic heterocycles. The Morgan fingerprint density at radius 2 is 2.20 bits per heavy atom. The molecule has 0 heterocycles. The first-order valence-electron chi connectivity index (χ1n) is 4.62. The van der Waals surface area contributed by atoms with Gasteiger partial charge in [-0.3, -0.25) is 10.1 Å². The van der Waals surface area contributed by atoms with Crippen LogP contribution >= 0.6 is 0 Å². The van der Waals surface area contributed by atoms with E-state index in [1.165, 1.54) is 12.1 Å². The maximum Gasteiger partial charge on any atom is 0.276 e. The lowest BCUT2D eigenvalue weighted by molar-refractivity contribution is -0.385. The fourth-order valence-electron chi connectivity index (χ4n) is 1.20. The van der Waals surface area contributed by atoms with Crippen molar-refractivity contribution in [2.45, 2.75) is 20.0 Å². The Labute approximate surface area is 88.0 Å². The smallest absolute Gasteiger partial charge is 0.276 e. The summed E-state index contributed by atoms with van der Waals surface area (Å²) in [5, 5.41) is 19.8. The molecule has 1 rings (SSSR count). The molecule has 0 saturated carbocycles. The monoisotopic (exact) mass is 207 g/mol. The summed E-state index contributed by atoms with van der Waals surface area (Å²) >= 11 is 0. The van der Waals surface area contributed by atoms with Crippen LogP contribution in [0.25, 0.3) is 6.08 Å². The van der Waals surface area contributed by atoms with Gasteiger partial charge in [0, 0.05) is 6.07 Å². The van der Waals surface area contributed by atoms with Crippen molar-refractivity contribution in [1.82, 2.24) is 0 Å². The first-order valence-corrected chi connectivity index (χ1v) is 4.62. The Morgan fingerprint density at radius 1 is 1.53 bits per heavy atom. The van der Waals surface area contributed by atoms with Gasteiger partial charge >= 0.3 is 0 Å². The zero-order valence-corrected chi connectivity index (χ0v) is 8.68. The van der Waals surface area contributed by atoms with Crippen molar-refractivity contribution in [3.8, 4) is 0 Å². The SMILES string of the molecule is Cc1ccc(C=CC(C)O)c([N+](=O)[O-])c1. The quantitative estimate of drug-likeness (QED) is 0.611. The molecular weight excluding hydrogens is 194 g/mol. The van der Waals surface area contributed by atoms with Crippen LogP contribution in [-0.2, 0) is 0 Å². The van der Waals surface area contributed by atoms with Crippen LogP contribution in [0.1, 0.15) is 18.1 Å². The van der Waals surface area contributed by atoms with Crippen LogP contribution in [0, 0.1) is 17.0 Å². The van der Waals surface area contributed by atoms with Crippen molar-refractivity contribution in [2.24, 2.45) is 0 Å². The van der Waals surface area contributed by atoms with Gasteiger partial charge in [-0.05, 0) is 31.6 Å². The molecule has 0 bridgehead atoms. The van der Waals surface area contributed by atoms with Gasteiger partial charge in [-0.2, -0.15) is 0 Å². The predicted molar refractivity (Wildman–Crippen MR) is 58.5 cm³/mol. The van der Waals surface area contributed by atoms with E-state index in [-0.39, 0.29) is 5.69 Å². The summed E-state index contributed by atoms with van der Waals surface area (Å²) in [4.78, 5) is 10.3. The van der Waals surface area contributed by atoms with Crippen molar-refractivity contribution >= 4 is 11.8 Å². The number of aliphatic hydroxyl groups is 1. The van der Waals surface area contributed by atoms with Gasteiger partial charge in [0.1, 0.15) is 0 Å². The Hall–Kier alpha value is -1.68. The third-order valence-electron chi connectivity index (χ3n) is 1.94.